The number of hydrogen-bond acceptors (Lipinski definition) is 3. The van der Waals surface area contributed by atoms with Crippen LogP contribution in [0.15, 0.2) is 18.7 Å². The molecule has 0 aliphatic rings. The Bertz CT molecular complexity index is 189. The van der Waals surface area contributed by atoms with E-state index in [1.165, 1.54) is 5.56 Å². The molecule has 0 aromatic carbocycles. The Hall–Kier alpha value is -1.45. The Morgan fingerprint density at radius 3 is 2.27 bits per heavy atom. The lowest BCUT2D eigenvalue weighted by atomic mass is 10.3. The first-order valence-electron chi connectivity index (χ1n) is 3.16. The molecule has 11 heavy (non-hydrogen) atoms. The van der Waals surface area contributed by atoms with E-state index in [4.69, 9.17) is 9.90 Å². The highest BCUT2D eigenvalue weighted by Crippen LogP contribution is 1.90. The van der Waals surface area contributed by atoms with Crippen molar-refractivity contribution in [1.29, 1.82) is 0 Å². The number of rotatable bonds is 1. The standard InChI is InChI=1S/C6H8N2.CH2O2/c1-2-6-3-7-5-8-4-6;2-1-3/h3-5H,2H2,1H3;1H,(H,2,3). The Labute approximate surface area is 64.9 Å². The van der Waals surface area contributed by atoms with Crippen LogP contribution >= 0.6 is 0 Å². The summed E-state index contributed by atoms with van der Waals surface area (Å²) in [6, 6.07) is 0. The van der Waals surface area contributed by atoms with Crippen molar-refractivity contribution in [2.24, 2.45) is 0 Å². The molecular formula is C7H10N2O2. The zero-order valence-corrected chi connectivity index (χ0v) is 6.27. The van der Waals surface area contributed by atoms with Gasteiger partial charge in [-0.15, -0.1) is 0 Å². The van der Waals surface area contributed by atoms with Crippen LogP contribution in [0.3, 0.4) is 0 Å². The maximum Gasteiger partial charge on any atom is 0.290 e. The molecule has 60 valence electrons. The fourth-order valence-corrected chi connectivity index (χ4v) is 0.513. The van der Waals surface area contributed by atoms with Crippen molar-refractivity contribution in [2.45, 2.75) is 13.3 Å². The monoisotopic (exact) mass is 154 g/mol. The summed E-state index contributed by atoms with van der Waals surface area (Å²) in [7, 11) is 0. The van der Waals surface area contributed by atoms with Crippen LogP contribution in [0.5, 0.6) is 0 Å². The molecule has 0 unspecified atom stereocenters. The van der Waals surface area contributed by atoms with Gasteiger partial charge in [0.15, 0.2) is 0 Å². The van der Waals surface area contributed by atoms with E-state index in [2.05, 4.69) is 16.9 Å². The molecule has 0 radical (unpaired) electrons. The topological polar surface area (TPSA) is 63.1 Å². The van der Waals surface area contributed by atoms with Gasteiger partial charge in [0.1, 0.15) is 6.33 Å². The molecule has 1 heterocycles. The molecule has 0 atom stereocenters. The van der Waals surface area contributed by atoms with Crippen molar-refractivity contribution in [1.82, 2.24) is 9.97 Å². The predicted octanol–water partition coefficient (Wildman–Crippen LogP) is 0.740. The second kappa shape index (κ2) is 6.67. The molecule has 1 N–H and O–H groups in total. The maximum atomic E-state index is 8.36. The van der Waals surface area contributed by atoms with Crippen LogP contribution in [-0.2, 0) is 11.2 Å². The first-order valence-corrected chi connectivity index (χ1v) is 3.16. The van der Waals surface area contributed by atoms with Crippen LogP contribution in [-0.4, -0.2) is 21.5 Å². The van der Waals surface area contributed by atoms with Crippen molar-refractivity contribution >= 4 is 6.47 Å². The van der Waals surface area contributed by atoms with Gasteiger partial charge >= 0.3 is 0 Å². The summed E-state index contributed by atoms with van der Waals surface area (Å²) in [5, 5.41) is 6.89. The number of aryl methyl sites for hydroxylation is 1. The van der Waals surface area contributed by atoms with E-state index in [9.17, 15) is 0 Å². The predicted molar refractivity (Wildman–Crippen MR) is 40.1 cm³/mol. The van der Waals surface area contributed by atoms with Gasteiger partial charge in [-0.2, -0.15) is 0 Å². The first-order chi connectivity index (χ1) is 5.35. The van der Waals surface area contributed by atoms with E-state index >= 15 is 0 Å². The first kappa shape index (κ1) is 9.55. The van der Waals surface area contributed by atoms with Gasteiger partial charge in [0.25, 0.3) is 6.47 Å². The number of nitrogens with zero attached hydrogens (tertiary/aromatic N) is 2. The number of aromatic nitrogens is 2. The zero-order valence-electron chi connectivity index (χ0n) is 6.27. The third-order valence-corrected chi connectivity index (χ3v) is 1.02. The molecule has 0 fully saturated rings. The lowest BCUT2D eigenvalue weighted by Crippen LogP contribution is -1.81. The van der Waals surface area contributed by atoms with Crippen LogP contribution in [0.25, 0.3) is 0 Å². The van der Waals surface area contributed by atoms with Gasteiger partial charge in [0.05, 0.1) is 0 Å². The summed E-state index contributed by atoms with van der Waals surface area (Å²) in [5.74, 6) is 0. The molecule has 0 saturated carbocycles. The van der Waals surface area contributed by atoms with Crippen LogP contribution in [0, 0.1) is 0 Å². The second-order valence-corrected chi connectivity index (χ2v) is 1.71. The van der Waals surface area contributed by atoms with E-state index in [0.717, 1.165) is 6.42 Å². The van der Waals surface area contributed by atoms with Crippen molar-refractivity contribution < 1.29 is 9.90 Å². The van der Waals surface area contributed by atoms with Gasteiger partial charge in [-0.1, -0.05) is 6.92 Å². The minimum Gasteiger partial charge on any atom is -0.483 e. The van der Waals surface area contributed by atoms with Gasteiger partial charge in [0, 0.05) is 12.4 Å². The highest BCUT2D eigenvalue weighted by molar-refractivity contribution is 5.32. The number of carbonyl (C=O) groups is 1. The zero-order chi connectivity index (χ0) is 8.53. The van der Waals surface area contributed by atoms with E-state index < -0.39 is 0 Å². The molecule has 0 aliphatic heterocycles. The SMILES string of the molecule is CCc1cncnc1.O=CO. The van der Waals surface area contributed by atoms with Crippen molar-refractivity contribution in [2.75, 3.05) is 0 Å². The maximum absolute atomic E-state index is 8.36. The molecule has 0 saturated heterocycles. The van der Waals surface area contributed by atoms with Gasteiger partial charge in [-0.05, 0) is 12.0 Å². The molecule has 0 amide bonds. The molecule has 0 bridgehead atoms. The molecule has 4 nitrogen and oxygen atoms in total. The van der Waals surface area contributed by atoms with Gasteiger partial charge in [-0.25, -0.2) is 9.97 Å². The lowest BCUT2D eigenvalue weighted by Gasteiger charge is -1.88. The highest BCUT2D eigenvalue weighted by Gasteiger charge is 1.82. The number of hydrogen-bond donors (Lipinski definition) is 1. The lowest BCUT2D eigenvalue weighted by molar-refractivity contribution is -0.122. The molecule has 1 rings (SSSR count). The van der Waals surface area contributed by atoms with E-state index in [0.29, 0.717) is 0 Å². The average Bonchev–Trinajstić information content (AvgIpc) is 2.08. The van der Waals surface area contributed by atoms with Crippen LogP contribution in [0.1, 0.15) is 12.5 Å². The van der Waals surface area contributed by atoms with Gasteiger partial charge in [0.2, 0.25) is 0 Å². The summed E-state index contributed by atoms with van der Waals surface area (Å²) in [6.07, 6.45) is 6.21. The fourth-order valence-electron chi connectivity index (χ4n) is 0.513. The Balaban J connectivity index is 0.000000292. The normalized spacial score (nSPS) is 7.73. The summed E-state index contributed by atoms with van der Waals surface area (Å²) >= 11 is 0. The Morgan fingerprint density at radius 2 is 2.00 bits per heavy atom. The summed E-state index contributed by atoms with van der Waals surface area (Å²) in [5.41, 5.74) is 1.19. The van der Waals surface area contributed by atoms with Crippen LogP contribution in [0.4, 0.5) is 0 Å². The van der Waals surface area contributed by atoms with Crippen LogP contribution < -0.4 is 0 Å². The van der Waals surface area contributed by atoms with Gasteiger partial charge in [-0.3, -0.25) is 4.79 Å². The smallest absolute Gasteiger partial charge is 0.290 e. The second-order valence-electron chi connectivity index (χ2n) is 1.71. The van der Waals surface area contributed by atoms with E-state index in [1.54, 1.807) is 6.33 Å². The molecule has 0 spiro atoms. The molecular weight excluding hydrogens is 144 g/mol. The van der Waals surface area contributed by atoms with Crippen molar-refractivity contribution in [3.05, 3.63) is 24.3 Å². The summed E-state index contributed by atoms with van der Waals surface area (Å²) < 4.78 is 0. The van der Waals surface area contributed by atoms with Gasteiger partial charge < -0.3 is 5.11 Å². The fraction of sp³-hybridized carbons (Fsp3) is 0.286. The minimum atomic E-state index is -0.250. The molecule has 1 aromatic rings. The average molecular weight is 154 g/mol. The highest BCUT2D eigenvalue weighted by atomic mass is 16.3. The van der Waals surface area contributed by atoms with E-state index in [1.807, 2.05) is 12.4 Å². The van der Waals surface area contributed by atoms with Crippen molar-refractivity contribution in [3.63, 3.8) is 0 Å². The Morgan fingerprint density at radius 1 is 1.55 bits per heavy atom. The minimum absolute atomic E-state index is 0.250. The third-order valence-electron chi connectivity index (χ3n) is 1.02. The number of carboxylic acid groups (broad SMARTS) is 1. The van der Waals surface area contributed by atoms with Crippen LogP contribution in [0.2, 0.25) is 0 Å². The Kier molecular flexibility index (Phi) is 5.79. The molecule has 1 aromatic heterocycles. The summed E-state index contributed by atoms with van der Waals surface area (Å²) in [6.45, 7) is 1.83. The molecule has 0 aliphatic carbocycles. The molecule has 4 heteroatoms. The quantitative estimate of drug-likeness (QED) is 0.606. The largest absolute Gasteiger partial charge is 0.483 e. The third kappa shape index (κ3) is 5.02. The van der Waals surface area contributed by atoms with E-state index in [-0.39, 0.29) is 6.47 Å². The van der Waals surface area contributed by atoms with Crippen molar-refractivity contribution in [3.8, 4) is 0 Å². The summed E-state index contributed by atoms with van der Waals surface area (Å²) in [4.78, 5) is 16.0.